The van der Waals surface area contributed by atoms with Crippen LogP contribution in [0.5, 0.6) is 0 Å². The number of nitrogens with zero attached hydrogens (tertiary/aromatic N) is 2. The molecule has 3 heterocycles. The summed E-state index contributed by atoms with van der Waals surface area (Å²) in [6.45, 7) is 3.85. The molecule has 1 aliphatic rings. The lowest BCUT2D eigenvalue weighted by atomic mass is 9.95. The van der Waals surface area contributed by atoms with Gasteiger partial charge in [0.2, 0.25) is 0 Å². The third-order valence-electron chi connectivity index (χ3n) is 3.69. The van der Waals surface area contributed by atoms with Crippen molar-refractivity contribution >= 4 is 22.2 Å². The number of hydrogen-bond acceptors (Lipinski definition) is 5. The van der Waals surface area contributed by atoms with Crippen molar-refractivity contribution < 1.29 is 4.79 Å². The molecular weight excluding hydrogens is 276 g/mol. The van der Waals surface area contributed by atoms with Crippen molar-refractivity contribution in [1.29, 1.82) is 0 Å². The predicted octanol–water partition coefficient (Wildman–Crippen LogP) is 0.484. The minimum absolute atomic E-state index is 0.103. The highest BCUT2D eigenvalue weighted by atomic mass is 32.1. The number of fused-ring (bicyclic) bond motifs is 1. The van der Waals surface area contributed by atoms with Gasteiger partial charge in [-0.15, -0.1) is 11.3 Å². The normalized spacial score (nSPS) is 22.9. The van der Waals surface area contributed by atoms with Gasteiger partial charge in [-0.2, -0.15) is 0 Å². The van der Waals surface area contributed by atoms with Gasteiger partial charge in [-0.1, -0.05) is 6.92 Å². The van der Waals surface area contributed by atoms with Crippen LogP contribution in [0.1, 0.15) is 23.7 Å². The zero-order valence-corrected chi connectivity index (χ0v) is 11.9. The lowest BCUT2D eigenvalue weighted by molar-refractivity contribution is 0.0912. The summed E-state index contributed by atoms with van der Waals surface area (Å²) in [6, 6.07) is 0.103. The van der Waals surface area contributed by atoms with E-state index >= 15 is 0 Å². The number of rotatable bonds is 2. The van der Waals surface area contributed by atoms with Gasteiger partial charge in [0, 0.05) is 23.8 Å². The Bertz CT molecular complexity index is 693. The maximum absolute atomic E-state index is 12.3. The number of amides is 1. The van der Waals surface area contributed by atoms with Crippen LogP contribution >= 0.6 is 11.3 Å². The molecule has 2 aromatic heterocycles. The zero-order valence-electron chi connectivity index (χ0n) is 11.1. The highest BCUT2D eigenvalue weighted by molar-refractivity contribution is 7.15. The largest absolute Gasteiger partial charge is 0.349 e. The molecule has 106 valence electrons. The van der Waals surface area contributed by atoms with Crippen LogP contribution in [-0.4, -0.2) is 34.4 Å². The zero-order chi connectivity index (χ0) is 14.1. The van der Waals surface area contributed by atoms with Crippen molar-refractivity contribution in [3.05, 3.63) is 33.7 Å². The second-order valence-corrected chi connectivity index (χ2v) is 5.96. The fraction of sp³-hybridized carbons (Fsp3) is 0.462. The number of hydrogen-bond donors (Lipinski definition) is 2. The van der Waals surface area contributed by atoms with Crippen molar-refractivity contribution in [2.24, 2.45) is 5.92 Å². The fourth-order valence-corrected chi connectivity index (χ4v) is 3.13. The molecule has 0 aliphatic carbocycles. The predicted molar refractivity (Wildman–Crippen MR) is 77.2 cm³/mol. The maximum atomic E-state index is 12.3. The Balaban J connectivity index is 1.85. The van der Waals surface area contributed by atoms with E-state index < -0.39 is 0 Å². The van der Waals surface area contributed by atoms with Crippen molar-refractivity contribution in [3.63, 3.8) is 0 Å². The first kappa shape index (κ1) is 13.3. The Kier molecular flexibility index (Phi) is 3.54. The number of piperidine rings is 1. The van der Waals surface area contributed by atoms with Crippen LogP contribution in [0.2, 0.25) is 0 Å². The second-order valence-electron chi connectivity index (χ2n) is 5.08. The third-order valence-corrected chi connectivity index (χ3v) is 4.46. The lowest BCUT2D eigenvalue weighted by Crippen LogP contribution is -2.49. The molecule has 1 amide bonds. The quantitative estimate of drug-likeness (QED) is 0.844. The van der Waals surface area contributed by atoms with Crippen LogP contribution < -0.4 is 16.2 Å². The molecule has 2 atom stereocenters. The Morgan fingerprint density at radius 2 is 2.45 bits per heavy atom. The highest BCUT2D eigenvalue weighted by Crippen LogP contribution is 2.11. The molecule has 7 heteroatoms. The van der Waals surface area contributed by atoms with E-state index in [1.54, 1.807) is 11.6 Å². The molecule has 0 bridgehead atoms. The van der Waals surface area contributed by atoms with Crippen molar-refractivity contribution in [3.8, 4) is 0 Å². The average molecular weight is 292 g/mol. The van der Waals surface area contributed by atoms with Gasteiger partial charge in [-0.3, -0.25) is 14.0 Å². The van der Waals surface area contributed by atoms with Crippen LogP contribution in [0, 0.1) is 5.92 Å². The number of carbonyl (C=O) groups excluding carboxylic acids is 1. The number of aromatic nitrogens is 2. The minimum Gasteiger partial charge on any atom is -0.349 e. The fourth-order valence-electron chi connectivity index (χ4n) is 2.46. The number of carbonyl (C=O) groups is 1. The van der Waals surface area contributed by atoms with Gasteiger partial charge in [-0.05, 0) is 25.4 Å². The molecule has 1 aliphatic heterocycles. The molecule has 0 aromatic carbocycles. The Morgan fingerprint density at radius 1 is 1.60 bits per heavy atom. The Hall–Kier alpha value is -1.73. The van der Waals surface area contributed by atoms with Crippen LogP contribution in [-0.2, 0) is 0 Å². The summed E-state index contributed by atoms with van der Waals surface area (Å²) in [5.74, 6) is 0.0233. The summed E-state index contributed by atoms with van der Waals surface area (Å²) in [4.78, 5) is 29.2. The molecule has 3 rings (SSSR count). The maximum Gasteiger partial charge on any atom is 0.271 e. The van der Waals surface area contributed by atoms with Gasteiger partial charge in [0.15, 0.2) is 4.96 Å². The van der Waals surface area contributed by atoms with Crippen molar-refractivity contribution in [1.82, 2.24) is 20.0 Å². The van der Waals surface area contributed by atoms with Gasteiger partial charge in [0.05, 0.1) is 0 Å². The molecular formula is C13H16N4O2S. The van der Waals surface area contributed by atoms with Crippen LogP contribution in [0.25, 0.3) is 4.96 Å². The SMILES string of the molecule is CC1CNCCC1NC(=O)c1cnc2sccn2c1=O. The molecule has 6 nitrogen and oxygen atoms in total. The molecule has 0 saturated carbocycles. The van der Waals surface area contributed by atoms with E-state index in [2.05, 4.69) is 22.5 Å². The molecule has 0 radical (unpaired) electrons. The summed E-state index contributed by atoms with van der Waals surface area (Å²) in [5, 5.41) is 8.01. The van der Waals surface area contributed by atoms with E-state index in [9.17, 15) is 9.59 Å². The summed E-state index contributed by atoms with van der Waals surface area (Å²) >= 11 is 1.37. The number of thiazole rings is 1. The van der Waals surface area contributed by atoms with Gasteiger partial charge in [0.1, 0.15) is 5.56 Å². The molecule has 1 fully saturated rings. The van der Waals surface area contributed by atoms with E-state index in [4.69, 9.17) is 0 Å². The van der Waals surface area contributed by atoms with Gasteiger partial charge >= 0.3 is 0 Å². The van der Waals surface area contributed by atoms with Gasteiger partial charge < -0.3 is 10.6 Å². The van der Waals surface area contributed by atoms with Crippen LogP contribution in [0.4, 0.5) is 0 Å². The molecule has 0 spiro atoms. The van der Waals surface area contributed by atoms with Crippen LogP contribution in [0.15, 0.2) is 22.6 Å². The molecule has 2 unspecified atom stereocenters. The topological polar surface area (TPSA) is 75.5 Å². The van der Waals surface area contributed by atoms with Crippen molar-refractivity contribution in [2.75, 3.05) is 13.1 Å². The second kappa shape index (κ2) is 5.34. The van der Waals surface area contributed by atoms with E-state index in [0.717, 1.165) is 19.5 Å². The average Bonchev–Trinajstić information content (AvgIpc) is 2.91. The third kappa shape index (κ3) is 2.34. The highest BCUT2D eigenvalue weighted by Gasteiger charge is 2.24. The summed E-state index contributed by atoms with van der Waals surface area (Å²) in [6.07, 6.45) is 3.89. The first-order valence-electron chi connectivity index (χ1n) is 6.63. The molecule has 2 aromatic rings. The Labute approximate surface area is 119 Å². The smallest absolute Gasteiger partial charge is 0.271 e. The van der Waals surface area contributed by atoms with E-state index in [1.807, 2.05) is 0 Å². The first-order chi connectivity index (χ1) is 9.66. The van der Waals surface area contributed by atoms with E-state index in [-0.39, 0.29) is 23.1 Å². The van der Waals surface area contributed by atoms with Crippen molar-refractivity contribution in [2.45, 2.75) is 19.4 Å². The van der Waals surface area contributed by atoms with Gasteiger partial charge in [0.25, 0.3) is 11.5 Å². The summed E-state index contributed by atoms with van der Waals surface area (Å²) in [5.41, 5.74) is -0.207. The summed E-state index contributed by atoms with van der Waals surface area (Å²) < 4.78 is 1.41. The Morgan fingerprint density at radius 3 is 3.25 bits per heavy atom. The standard InChI is InChI=1S/C13H16N4O2S/c1-8-6-14-3-2-10(8)16-11(18)9-7-15-13-17(12(9)19)4-5-20-13/h4-5,7-8,10,14H,2-3,6H2,1H3,(H,16,18). The van der Waals surface area contributed by atoms with Gasteiger partial charge in [-0.25, -0.2) is 4.98 Å². The van der Waals surface area contributed by atoms with E-state index in [0.29, 0.717) is 10.9 Å². The first-order valence-corrected chi connectivity index (χ1v) is 7.51. The monoisotopic (exact) mass is 292 g/mol. The molecule has 2 N–H and O–H groups in total. The molecule has 20 heavy (non-hydrogen) atoms. The minimum atomic E-state index is -0.332. The van der Waals surface area contributed by atoms with Crippen LogP contribution in [0.3, 0.4) is 0 Å². The molecule has 1 saturated heterocycles. The lowest BCUT2D eigenvalue weighted by Gasteiger charge is -2.30. The van der Waals surface area contributed by atoms with E-state index in [1.165, 1.54) is 21.9 Å². The summed E-state index contributed by atoms with van der Waals surface area (Å²) in [7, 11) is 0. The number of nitrogens with one attached hydrogen (secondary N) is 2.